The van der Waals surface area contributed by atoms with Crippen LogP contribution in [-0.2, 0) is 4.79 Å². The number of thiophene rings is 1. The van der Waals surface area contributed by atoms with Gasteiger partial charge in [-0.2, -0.15) is 0 Å². The number of benzene rings is 1. The molecule has 9 heteroatoms. The monoisotopic (exact) mass is 358 g/mol. The molecule has 0 atom stereocenters. The number of imide groups is 1. The van der Waals surface area contributed by atoms with Gasteiger partial charge in [0.15, 0.2) is 0 Å². The number of nitrogens with zero attached hydrogens (tertiary/aromatic N) is 2. The Labute approximate surface area is 143 Å². The summed E-state index contributed by atoms with van der Waals surface area (Å²) in [6.07, 6.45) is 0. The second kappa shape index (κ2) is 5.69. The Bertz CT molecular complexity index is 945. The van der Waals surface area contributed by atoms with Crippen molar-refractivity contribution in [1.82, 2.24) is 20.7 Å². The fourth-order valence-corrected chi connectivity index (χ4v) is 4.18. The number of hydrogen-bond acceptors (Lipinski definition) is 6. The molecule has 0 bridgehead atoms. The molecule has 1 fully saturated rings. The molecule has 120 valence electrons. The zero-order chi connectivity index (χ0) is 16.7. The van der Waals surface area contributed by atoms with Crippen molar-refractivity contribution in [3.8, 4) is 9.88 Å². The molecule has 2 N–H and O–H groups in total. The maximum absolute atomic E-state index is 12.2. The number of amides is 4. The number of carbonyl (C=O) groups is 3. The Hall–Kier alpha value is -2.78. The number of urea groups is 1. The van der Waals surface area contributed by atoms with Crippen molar-refractivity contribution in [2.45, 2.75) is 0 Å². The van der Waals surface area contributed by atoms with Crippen LogP contribution < -0.4 is 10.7 Å². The molecule has 3 heterocycles. The van der Waals surface area contributed by atoms with Crippen LogP contribution in [0.25, 0.3) is 20.1 Å². The van der Waals surface area contributed by atoms with Crippen LogP contribution in [0, 0.1) is 0 Å². The van der Waals surface area contributed by atoms with Gasteiger partial charge in [-0.25, -0.2) is 14.8 Å². The maximum Gasteiger partial charge on any atom is 0.343 e. The fraction of sp³-hybridized carbons (Fsp3) is 0.0667. The molecule has 0 radical (unpaired) electrons. The zero-order valence-corrected chi connectivity index (χ0v) is 13.7. The first-order chi connectivity index (χ1) is 11.6. The Kier molecular flexibility index (Phi) is 3.51. The average Bonchev–Trinajstić information content (AvgIpc) is 3.25. The van der Waals surface area contributed by atoms with E-state index >= 15 is 0 Å². The van der Waals surface area contributed by atoms with Gasteiger partial charge in [0.25, 0.3) is 5.91 Å². The lowest BCUT2D eigenvalue weighted by molar-refractivity contribution is -0.118. The second-order valence-corrected chi connectivity index (χ2v) is 7.15. The van der Waals surface area contributed by atoms with Crippen LogP contribution in [0.5, 0.6) is 0 Å². The van der Waals surface area contributed by atoms with Crippen LogP contribution in [0.2, 0.25) is 0 Å². The summed E-state index contributed by atoms with van der Waals surface area (Å²) in [6.45, 7) is -0.180. The molecule has 0 aliphatic carbocycles. The van der Waals surface area contributed by atoms with Gasteiger partial charge in [0, 0.05) is 0 Å². The van der Waals surface area contributed by atoms with Crippen LogP contribution in [0.3, 0.4) is 0 Å². The minimum Gasteiger partial charge on any atom is -0.275 e. The molecule has 0 spiro atoms. The Balaban J connectivity index is 1.54. The van der Waals surface area contributed by atoms with Gasteiger partial charge in [-0.15, -0.1) is 22.7 Å². The zero-order valence-electron chi connectivity index (χ0n) is 12.1. The molecule has 4 rings (SSSR count). The Morgan fingerprint density at radius 3 is 2.75 bits per heavy atom. The van der Waals surface area contributed by atoms with E-state index in [1.165, 1.54) is 11.3 Å². The molecule has 1 aliphatic rings. The number of thiazole rings is 1. The van der Waals surface area contributed by atoms with Gasteiger partial charge in [-0.3, -0.25) is 20.3 Å². The minimum absolute atomic E-state index is 0.180. The van der Waals surface area contributed by atoms with E-state index < -0.39 is 17.8 Å². The van der Waals surface area contributed by atoms with Crippen molar-refractivity contribution in [2.24, 2.45) is 0 Å². The van der Waals surface area contributed by atoms with Crippen molar-refractivity contribution in [1.29, 1.82) is 0 Å². The van der Waals surface area contributed by atoms with E-state index in [0.29, 0.717) is 4.88 Å². The van der Waals surface area contributed by atoms with Crippen molar-refractivity contribution in [3.63, 3.8) is 0 Å². The largest absolute Gasteiger partial charge is 0.343 e. The lowest BCUT2D eigenvalue weighted by Crippen LogP contribution is -2.43. The lowest BCUT2D eigenvalue weighted by atomic mass is 10.3. The quantitative estimate of drug-likeness (QED) is 0.702. The van der Waals surface area contributed by atoms with E-state index in [-0.39, 0.29) is 6.54 Å². The summed E-state index contributed by atoms with van der Waals surface area (Å²) in [4.78, 5) is 40.7. The highest BCUT2D eigenvalue weighted by Gasteiger charge is 2.28. The van der Waals surface area contributed by atoms with Gasteiger partial charge in [-0.1, -0.05) is 12.1 Å². The molecular formula is C15H10N4O3S2. The van der Waals surface area contributed by atoms with E-state index in [2.05, 4.69) is 15.7 Å². The Morgan fingerprint density at radius 1 is 1.17 bits per heavy atom. The molecular weight excluding hydrogens is 348 g/mol. The molecule has 2 aromatic heterocycles. The minimum atomic E-state index is -0.628. The third kappa shape index (κ3) is 2.63. The number of nitrogens with one attached hydrogen (secondary N) is 2. The normalized spacial score (nSPS) is 14.2. The molecule has 1 aromatic carbocycles. The average molecular weight is 358 g/mol. The first kappa shape index (κ1) is 14.8. The highest BCUT2D eigenvalue weighted by molar-refractivity contribution is 7.26. The van der Waals surface area contributed by atoms with Crippen molar-refractivity contribution in [2.75, 3.05) is 6.54 Å². The number of carbonyl (C=O) groups excluding carboxylic acids is 3. The number of fused-ring (bicyclic) bond motifs is 1. The number of hydrogen-bond donors (Lipinski definition) is 2. The second-order valence-electron chi connectivity index (χ2n) is 5.03. The van der Waals surface area contributed by atoms with Gasteiger partial charge < -0.3 is 0 Å². The maximum atomic E-state index is 12.2. The molecule has 1 saturated heterocycles. The van der Waals surface area contributed by atoms with Crippen LogP contribution >= 0.6 is 22.7 Å². The summed E-state index contributed by atoms with van der Waals surface area (Å²) in [5.41, 5.74) is 3.34. The predicted octanol–water partition coefficient (Wildman–Crippen LogP) is 2.22. The lowest BCUT2D eigenvalue weighted by Gasteiger charge is -2.13. The smallest absolute Gasteiger partial charge is 0.275 e. The van der Waals surface area contributed by atoms with Crippen LogP contribution in [0.15, 0.2) is 36.4 Å². The van der Waals surface area contributed by atoms with Crippen molar-refractivity contribution < 1.29 is 14.4 Å². The van der Waals surface area contributed by atoms with E-state index in [9.17, 15) is 14.4 Å². The van der Waals surface area contributed by atoms with Gasteiger partial charge in [0.05, 0.1) is 20.0 Å². The molecule has 24 heavy (non-hydrogen) atoms. The molecule has 0 unspecified atom stereocenters. The number of rotatable bonds is 3. The van der Waals surface area contributed by atoms with Crippen molar-refractivity contribution in [3.05, 3.63) is 41.3 Å². The predicted molar refractivity (Wildman–Crippen MR) is 90.6 cm³/mol. The highest BCUT2D eigenvalue weighted by atomic mass is 32.1. The first-order valence-corrected chi connectivity index (χ1v) is 8.61. The third-order valence-corrected chi connectivity index (χ3v) is 5.65. The summed E-state index contributed by atoms with van der Waals surface area (Å²) in [7, 11) is 0. The van der Waals surface area contributed by atoms with Crippen molar-refractivity contribution >= 4 is 50.7 Å². The van der Waals surface area contributed by atoms with E-state index in [0.717, 1.165) is 25.1 Å². The molecule has 0 saturated carbocycles. The summed E-state index contributed by atoms with van der Waals surface area (Å²) in [5.74, 6) is -0.876. The van der Waals surface area contributed by atoms with E-state index in [1.807, 2.05) is 30.3 Å². The molecule has 1 aliphatic heterocycles. The van der Waals surface area contributed by atoms with Crippen LogP contribution in [0.4, 0.5) is 4.79 Å². The molecule has 3 aromatic rings. The third-order valence-electron chi connectivity index (χ3n) is 3.36. The SMILES string of the molecule is O=C1CN(NC(=O)c2ccc(-c3nc4ccccc4s3)s2)C(=O)N1. The summed E-state index contributed by atoms with van der Waals surface area (Å²) >= 11 is 2.84. The molecule has 7 nitrogen and oxygen atoms in total. The molecule has 4 amide bonds. The van der Waals surface area contributed by atoms with Gasteiger partial charge in [-0.05, 0) is 24.3 Å². The van der Waals surface area contributed by atoms with E-state index in [4.69, 9.17) is 0 Å². The van der Waals surface area contributed by atoms with Gasteiger partial charge in [0.2, 0.25) is 5.91 Å². The van der Waals surface area contributed by atoms with Gasteiger partial charge >= 0.3 is 6.03 Å². The van der Waals surface area contributed by atoms with Crippen LogP contribution in [0.1, 0.15) is 9.67 Å². The Morgan fingerprint density at radius 2 is 2.00 bits per heavy atom. The summed E-state index contributed by atoms with van der Waals surface area (Å²) in [6, 6.07) is 10.7. The topological polar surface area (TPSA) is 91.4 Å². The van der Waals surface area contributed by atoms with Gasteiger partial charge in [0.1, 0.15) is 11.6 Å². The number of hydrazine groups is 1. The number of para-hydroxylation sites is 1. The first-order valence-electron chi connectivity index (χ1n) is 6.98. The highest BCUT2D eigenvalue weighted by Crippen LogP contribution is 2.34. The summed E-state index contributed by atoms with van der Waals surface area (Å²) < 4.78 is 1.08. The fourth-order valence-electron chi connectivity index (χ4n) is 2.26. The summed E-state index contributed by atoms with van der Waals surface area (Å²) in [5, 5.41) is 3.90. The van der Waals surface area contributed by atoms with Crippen LogP contribution in [-0.4, -0.2) is 34.4 Å². The van der Waals surface area contributed by atoms with E-state index in [1.54, 1.807) is 17.4 Å². The number of aromatic nitrogens is 1. The standard InChI is InChI=1S/C15H10N4O3S2/c20-12-7-19(15(22)17-12)18-13(21)10-5-6-11(23-10)14-16-8-3-1-2-4-9(8)24-14/h1-6H,7H2,(H,18,21)(H,17,20,22).